The van der Waals surface area contributed by atoms with Gasteiger partial charge in [-0.25, -0.2) is 9.18 Å². The molecule has 0 heterocycles. The summed E-state index contributed by atoms with van der Waals surface area (Å²) < 4.78 is 16.8. The van der Waals surface area contributed by atoms with Crippen LogP contribution in [0, 0.1) is 0 Å². The predicted molar refractivity (Wildman–Crippen MR) is 57.2 cm³/mol. The first kappa shape index (κ1) is 13.4. The molecule has 0 atom stereocenters. The van der Waals surface area contributed by atoms with E-state index in [0.29, 0.717) is 23.8 Å². The van der Waals surface area contributed by atoms with Crippen LogP contribution in [0.5, 0.6) is 0 Å². The van der Waals surface area contributed by atoms with Gasteiger partial charge in [-0.15, -0.1) is 0 Å². The van der Waals surface area contributed by atoms with E-state index in [9.17, 15) is 9.18 Å². The largest absolute Gasteiger partial charge is 0.450 e. The first-order valence-electron chi connectivity index (χ1n) is 4.49. The third-order valence-corrected chi connectivity index (χ3v) is 2.24. The van der Waals surface area contributed by atoms with Crippen molar-refractivity contribution >= 4 is 22.0 Å². The fraction of sp³-hybridized carbons (Fsp3) is 0.667. The first-order valence-corrected chi connectivity index (χ1v) is 5.61. The minimum Gasteiger partial charge on any atom is -0.450 e. The Hall–Kier alpha value is -0.580. The highest BCUT2D eigenvalue weighted by Gasteiger charge is 2.02. The van der Waals surface area contributed by atoms with E-state index in [0.717, 1.165) is 12.8 Å². The van der Waals surface area contributed by atoms with E-state index < -0.39 is 6.09 Å². The lowest BCUT2D eigenvalue weighted by Crippen LogP contribution is -2.27. The molecular weight excluding hydrogens is 253 g/mol. The van der Waals surface area contributed by atoms with Gasteiger partial charge in [0.1, 0.15) is 0 Å². The highest BCUT2D eigenvalue weighted by Crippen LogP contribution is 1.98. The maximum absolute atomic E-state index is 12.0. The topological polar surface area (TPSA) is 38.3 Å². The molecule has 0 rings (SSSR count). The van der Waals surface area contributed by atoms with Gasteiger partial charge in [0.2, 0.25) is 0 Å². The minimum absolute atomic E-state index is 0.173. The van der Waals surface area contributed by atoms with Crippen LogP contribution in [-0.2, 0) is 4.74 Å². The number of rotatable bonds is 6. The fourth-order valence-electron chi connectivity index (χ4n) is 0.661. The van der Waals surface area contributed by atoms with Gasteiger partial charge in [0.05, 0.1) is 12.9 Å². The van der Waals surface area contributed by atoms with Crippen molar-refractivity contribution in [3.8, 4) is 0 Å². The second kappa shape index (κ2) is 8.99. The van der Waals surface area contributed by atoms with Crippen LogP contribution in [-0.4, -0.2) is 24.6 Å². The Bertz CT molecular complexity index is 197. The number of unbranched alkanes of at least 4 members (excludes halogenated alkanes) is 1. The number of halogens is 2. The Kier molecular flexibility index (Phi) is 8.62. The summed E-state index contributed by atoms with van der Waals surface area (Å²) in [5.41, 5.74) is 0.470. The molecule has 3 nitrogen and oxygen atoms in total. The molecule has 0 aromatic rings. The van der Waals surface area contributed by atoms with Gasteiger partial charge in [-0.1, -0.05) is 29.3 Å². The third-order valence-electron chi connectivity index (χ3n) is 1.52. The monoisotopic (exact) mass is 267 g/mol. The summed E-state index contributed by atoms with van der Waals surface area (Å²) in [4.78, 5) is 11.0. The minimum atomic E-state index is -0.501. The van der Waals surface area contributed by atoms with Gasteiger partial charge in [-0.3, -0.25) is 0 Å². The summed E-state index contributed by atoms with van der Waals surface area (Å²) in [6.45, 7) is 2.59. The van der Waals surface area contributed by atoms with Crippen molar-refractivity contribution in [2.45, 2.75) is 19.8 Å². The molecule has 0 saturated heterocycles. The molecular formula is C9H15BrFNO2. The third kappa shape index (κ3) is 6.88. The molecule has 1 amide bonds. The van der Waals surface area contributed by atoms with Crippen LogP contribution in [0.25, 0.3) is 0 Å². The van der Waals surface area contributed by atoms with E-state index in [-0.39, 0.29) is 6.54 Å². The van der Waals surface area contributed by atoms with Gasteiger partial charge in [0.25, 0.3) is 0 Å². The predicted octanol–water partition coefficient (Wildman–Crippen LogP) is 2.76. The fourth-order valence-corrected chi connectivity index (χ4v) is 0.982. The van der Waals surface area contributed by atoms with Gasteiger partial charge in [-0.05, 0) is 12.0 Å². The van der Waals surface area contributed by atoms with Crippen LogP contribution in [0.15, 0.2) is 11.9 Å². The molecule has 0 saturated carbocycles. The lowest BCUT2D eigenvalue weighted by molar-refractivity contribution is 0.145. The molecule has 0 unspecified atom stereocenters. The molecule has 82 valence electrons. The molecule has 14 heavy (non-hydrogen) atoms. The van der Waals surface area contributed by atoms with Crippen LogP contribution in [0.3, 0.4) is 0 Å². The number of carbonyl (C=O) groups excluding carboxylic acids is 1. The molecule has 1 N–H and O–H groups in total. The summed E-state index contributed by atoms with van der Waals surface area (Å²) >= 11 is 3.09. The lowest BCUT2D eigenvalue weighted by atomic mass is 10.3. The van der Waals surface area contributed by atoms with Crippen molar-refractivity contribution in [2.24, 2.45) is 0 Å². The quantitative estimate of drug-likeness (QED) is 0.594. The number of alkyl halides is 1. The highest BCUT2D eigenvalue weighted by molar-refractivity contribution is 9.09. The number of carbonyl (C=O) groups is 1. The second-order valence-electron chi connectivity index (χ2n) is 2.74. The molecule has 0 spiro atoms. The van der Waals surface area contributed by atoms with Crippen molar-refractivity contribution in [2.75, 3.05) is 18.5 Å². The summed E-state index contributed by atoms with van der Waals surface area (Å²) in [7, 11) is 0. The number of alkyl carbamates (subject to hydrolysis) is 1. The van der Waals surface area contributed by atoms with E-state index >= 15 is 0 Å². The molecule has 0 aliphatic heterocycles. The number of hydrogen-bond donors (Lipinski definition) is 1. The maximum atomic E-state index is 12.0. The molecule has 0 bridgehead atoms. The zero-order valence-corrected chi connectivity index (χ0v) is 9.77. The first-order chi connectivity index (χ1) is 6.74. The zero-order valence-electron chi connectivity index (χ0n) is 8.19. The number of ether oxygens (including phenoxy) is 1. The number of nitrogens with one attached hydrogen (secondary N) is 1. The van der Waals surface area contributed by atoms with Crippen LogP contribution in [0.4, 0.5) is 9.18 Å². The molecule has 0 fully saturated rings. The smallest absolute Gasteiger partial charge is 0.407 e. The average Bonchev–Trinajstić information content (AvgIpc) is 2.20. The summed E-state index contributed by atoms with van der Waals surface area (Å²) in [5.74, 6) is 0. The summed E-state index contributed by atoms with van der Waals surface area (Å²) in [6, 6.07) is 0. The van der Waals surface area contributed by atoms with Crippen LogP contribution < -0.4 is 5.32 Å². The molecule has 0 aromatic carbocycles. The van der Waals surface area contributed by atoms with Crippen molar-refractivity contribution in [1.82, 2.24) is 5.32 Å². The van der Waals surface area contributed by atoms with Gasteiger partial charge in [0, 0.05) is 11.9 Å². The highest BCUT2D eigenvalue weighted by atomic mass is 79.9. The molecule has 0 aliphatic rings. The van der Waals surface area contributed by atoms with E-state index in [1.165, 1.54) is 0 Å². The second-order valence-corrected chi connectivity index (χ2v) is 3.30. The van der Waals surface area contributed by atoms with Gasteiger partial charge in [-0.2, -0.15) is 0 Å². The van der Waals surface area contributed by atoms with E-state index in [4.69, 9.17) is 4.74 Å². The maximum Gasteiger partial charge on any atom is 0.407 e. The lowest BCUT2D eigenvalue weighted by Gasteiger charge is -2.06. The van der Waals surface area contributed by atoms with Gasteiger partial charge < -0.3 is 10.1 Å². The zero-order chi connectivity index (χ0) is 10.8. The van der Waals surface area contributed by atoms with Gasteiger partial charge in [0.15, 0.2) is 0 Å². The van der Waals surface area contributed by atoms with Gasteiger partial charge >= 0.3 is 6.09 Å². The molecule has 0 radical (unpaired) electrons. The SMILES string of the molecule is CCCCOC(=O)NCC(=CF)CBr. The van der Waals surface area contributed by atoms with Crippen molar-refractivity contribution in [3.63, 3.8) is 0 Å². The van der Waals surface area contributed by atoms with Crippen molar-refractivity contribution in [3.05, 3.63) is 11.9 Å². The van der Waals surface area contributed by atoms with E-state index in [1.54, 1.807) is 0 Å². The average molecular weight is 268 g/mol. The number of hydrogen-bond acceptors (Lipinski definition) is 2. The van der Waals surface area contributed by atoms with Crippen LogP contribution in [0.2, 0.25) is 0 Å². The Morgan fingerprint density at radius 3 is 2.86 bits per heavy atom. The van der Waals surface area contributed by atoms with Crippen LogP contribution >= 0.6 is 15.9 Å². The standard InChI is InChI=1S/C9H15BrFNO2/c1-2-3-4-14-9(13)12-7-8(5-10)6-11/h6H,2-5,7H2,1H3,(H,12,13). The Balaban J connectivity index is 3.53. The Morgan fingerprint density at radius 1 is 1.64 bits per heavy atom. The molecule has 5 heteroatoms. The Labute approximate surface area is 91.8 Å². The molecule has 0 aromatic heterocycles. The van der Waals surface area contributed by atoms with Crippen molar-refractivity contribution in [1.29, 1.82) is 0 Å². The van der Waals surface area contributed by atoms with Crippen LogP contribution in [0.1, 0.15) is 19.8 Å². The molecule has 0 aliphatic carbocycles. The van der Waals surface area contributed by atoms with E-state index in [2.05, 4.69) is 21.2 Å². The normalized spacial score (nSPS) is 11.2. The van der Waals surface area contributed by atoms with E-state index in [1.807, 2.05) is 6.92 Å². The summed E-state index contributed by atoms with van der Waals surface area (Å²) in [5, 5.41) is 2.85. The Morgan fingerprint density at radius 2 is 2.36 bits per heavy atom. The number of amides is 1. The van der Waals surface area contributed by atoms with Crippen molar-refractivity contribution < 1.29 is 13.9 Å². The summed E-state index contributed by atoms with van der Waals surface area (Å²) in [6.07, 6.45) is 1.79.